The largest absolute Gasteiger partial charge is 0.491 e. The summed E-state index contributed by atoms with van der Waals surface area (Å²) in [6.45, 7) is 3.90. The number of nitrogens with one attached hydrogen (secondary N) is 1. The predicted octanol–water partition coefficient (Wildman–Crippen LogP) is 5.03. The fourth-order valence-corrected chi connectivity index (χ4v) is 2.31. The van der Waals surface area contributed by atoms with E-state index in [0.717, 1.165) is 5.75 Å². The first-order chi connectivity index (χ1) is 9.94. The Hall–Kier alpha value is -1.71. The highest BCUT2D eigenvalue weighted by molar-refractivity contribution is 6.35. The van der Waals surface area contributed by atoms with E-state index in [4.69, 9.17) is 27.9 Å². The van der Waals surface area contributed by atoms with Crippen LogP contribution in [0, 0.1) is 0 Å². The van der Waals surface area contributed by atoms with Gasteiger partial charge in [-0.3, -0.25) is 4.79 Å². The Morgan fingerprint density at radius 2 is 1.62 bits per heavy atom. The lowest BCUT2D eigenvalue weighted by atomic mass is 10.2. The molecule has 0 bridgehead atoms. The Bertz CT molecular complexity index is 619. The molecule has 0 aliphatic carbocycles. The van der Waals surface area contributed by atoms with Gasteiger partial charge in [0.05, 0.1) is 6.10 Å². The molecule has 0 unspecified atom stereocenters. The van der Waals surface area contributed by atoms with Crippen LogP contribution in [0.25, 0.3) is 0 Å². The molecule has 110 valence electrons. The van der Waals surface area contributed by atoms with Crippen LogP contribution in [0.4, 0.5) is 5.69 Å². The van der Waals surface area contributed by atoms with E-state index in [9.17, 15) is 4.79 Å². The first kappa shape index (κ1) is 15.7. The van der Waals surface area contributed by atoms with Gasteiger partial charge in [-0.05, 0) is 56.3 Å². The average molecular weight is 324 g/mol. The second-order valence-electron chi connectivity index (χ2n) is 4.80. The van der Waals surface area contributed by atoms with Gasteiger partial charge >= 0.3 is 0 Å². The zero-order valence-electron chi connectivity index (χ0n) is 11.7. The summed E-state index contributed by atoms with van der Waals surface area (Å²) in [7, 11) is 0. The fraction of sp³-hybridized carbons (Fsp3) is 0.188. The first-order valence-corrected chi connectivity index (χ1v) is 7.24. The maximum Gasteiger partial charge on any atom is 0.255 e. The molecule has 2 aromatic carbocycles. The Morgan fingerprint density at radius 1 is 1.05 bits per heavy atom. The smallest absolute Gasteiger partial charge is 0.255 e. The van der Waals surface area contributed by atoms with Crippen molar-refractivity contribution in [1.82, 2.24) is 0 Å². The molecule has 0 aliphatic heterocycles. The highest BCUT2D eigenvalue weighted by Crippen LogP contribution is 2.23. The van der Waals surface area contributed by atoms with Crippen LogP contribution in [0.2, 0.25) is 10.0 Å². The van der Waals surface area contributed by atoms with Crippen LogP contribution in [0.15, 0.2) is 42.5 Å². The van der Waals surface area contributed by atoms with Crippen LogP contribution in [0.3, 0.4) is 0 Å². The zero-order chi connectivity index (χ0) is 15.4. The molecule has 2 rings (SSSR count). The molecule has 2 aromatic rings. The van der Waals surface area contributed by atoms with E-state index in [2.05, 4.69) is 5.32 Å². The van der Waals surface area contributed by atoms with E-state index in [1.165, 1.54) is 0 Å². The lowest BCUT2D eigenvalue weighted by Gasteiger charge is -2.10. The maximum absolute atomic E-state index is 12.1. The van der Waals surface area contributed by atoms with Crippen LogP contribution in [0.1, 0.15) is 24.2 Å². The van der Waals surface area contributed by atoms with Crippen molar-refractivity contribution in [2.75, 3.05) is 5.32 Å². The van der Waals surface area contributed by atoms with Crippen LogP contribution in [-0.4, -0.2) is 12.0 Å². The van der Waals surface area contributed by atoms with Crippen molar-refractivity contribution < 1.29 is 9.53 Å². The Kier molecular flexibility index (Phi) is 5.10. The van der Waals surface area contributed by atoms with E-state index in [1.807, 2.05) is 13.8 Å². The van der Waals surface area contributed by atoms with Crippen molar-refractivity contribution >= 4 is 34.8 Å². The fourth-order valence-electron chi connectivity index (χ4n) is 1.79. The standard InChI is InChI=1S/C16H15Cl2NO2/c1-10(2)21-15-5-3-11(4-6-15)16(20)19-14-8-12(17)7-13(18)9-14/h3-10H,1-2H3,(H,19,20). The molecule has 0 atom stereocenters. The summed E-state index contributed by atoms with van der Waals surface area (Å²) < 4.78 is 5.53. The summed E-state index contributed by atoms with van der Waals surface area (Å²) in [6, 6.07) is 11.8. The Labute approximate surface area is 133 Å². The third kappa shape index (κ3) is 4.66. The van der Waals surface area contributed by atoms with Gasteiger partial charge < -0.3 is 10.1 Å². The quantitative estimate of drug-likeness (QED) is 0.856. The third-order valence-corrected chi connectivity index (χ3v) is 3.05. The summed E-state index contributed by atoms with van der Waals surface area (Å²) in [4.78, 5) is 12.1. The molecule has 21 heavy (non-hydrogen) atoms. The number of ether oxygens (including phenoxy) is 1. The summed E-state index contributed by atoms with van der Waals surface area (Å²) >= 11 is 11.8. The molecule has 0 saturated heterocycles. The van der Waals surface area contributed by atoms with Gasteiger partial charge in [0.15, 0.2) is 0 Å². The number of anilines is 1. The molecule has 0 aromatic heterocycles. The van der Waals surface area contributed by atoms with Crippen LogP contribution < -0.4 is 10.1 Å². The lowest BCUT2D eigenvalue weighted by molar-refractivity contribution is 0.102. The lowest BCUT2D eigenvalue weighted by Crippen LogP contribution is -2.12. The SMILES string of the molecule is CC(C)Oc1ccc(C(=O)Nc2cc(Cl)cc(Cl)c2)cc1. The highest BCUT2D eigenvalue weighted by Gasteiger charge is 2.08. The second kappa shape index (κ2) is 6.83. The van der Waals surface area contributed by atoms with E-state index in [0.29, 0.717) is 21.3 Å². The summed E-state index contributed by atoms with van der Waals surface area (Å²) in [5, 5.41) is 3.69. The van der Waals surface area contributed by atoms with Gasteiger partial charge in [0.1, 0.15) is 5.75 Å². The molecule has 5 heteroatoms. The minimum absolute atomic E-state index is 0.0956. The van der Waals surface area contributed by atoms with E-state index in [-0.39, 0.29) is 12.0 Å². The molecule has 0 spiro atoms. The minimum Gasteiger partial charge on any atom is -0.491 e. The zero-order valence-corrected chi connectivity index (χ0v) is 13.2. The highest BCUT2D eigenvalue weighted by atomic mass is 35.5. The molecule has 0 aliphatic rings. The van der Waals surface area contributed by atoms with Crippen LogP contribution in [-0.2, 0) is 0 Å². The number of hydrogen-bond acceptors (Lipinski definition) is 2. The van der Waals surface area contributed by atoms with Gasteiger partial charge in [-0.1, -0.05) is 23.2 Å². The first-order valence-electron chi connectivity index (χ1n) is 6.48. The molecule has 0 heterocycles. The topological polar surface area (TPSA) is 38.3 Å². The number of amides is 1. The normalized spacial score (nSPS) is 10.5. The Balaban J connectivity index is 2.09. The molecule has 1 N–H and O–H groups in total. The molecule has 0 saturated carbocycles. The van der Waals surface area contributed by atoms with Gasteiger partial charge in [-0.2, -0.15) is 0 Å². The van der Waals surface area contributed by atoms with Gasteiger partial charge in [-0.15, -0.1) is 0 Å². The van der Waals surface area contributed by atoms with Crippen LogP contribution in [0.5, 0.6) is 5.75 Å². The van der Waals surface area contributed by atoms with Crippen molar-refractivity contribution in [2.24, 2.45) is 0 Å². The van der Waals surface area contributed by atoms with Crippen molar-refractivity contribution in [2.45, 2.75) is 20.0 Å². The van der Waals surface area contributed by atoms with Gasteiger partial charge in [0, 0.05) is 21.3 Å². The number of rotatable bonds is 4. The van der Waals surface area contributed by atoms with E-state index >= 15 is 0 Å². The monoisotopic (exact) mass is 323 g/mol. The van der Waals surface area contributed by atoms with Crippen LogP contribution >= 0.6 is 23.2 Å². The Morgan fingerprint density at radius 3 is 2.14 bits per heavy atom. The van der Waals surface area contributed by atoms with Gasteiger partial charge in [0.25, 0.3) is 5.91 Å². The molecule has 3 nitrogen and oxygen atoms in total. The number of carbonyl (C=O) groups is 1. The number of benzene rings is 2. The maximum atomic E-state index is 12.1. The molecule has 1 amide bonds. The second-order valence-corrected chi connectivity index (χ2v) is 5.68. The average Bonchev–Trinajstić information content (AvgIpc) is 2.37. The van der Waals surface area contributed by atoms with Gasteiger partial charge in [0.2, 0.25) is 0 Å². The summed E-state index contributed by atoms with van der Waals surface area (Å²) in [5.41, 5.74) is 1.09. The van der Waals surface area contributed by atoms with E-state index in [1.54, 1.807) is 42.5 Å². The number of carbonyl (C=O) groups excluding carboxylic acids is 1. The van der Waals surface area contributed by atoms with Crippen molar-refractivity contribution in [3.8, 4) is 5.75 Å². The number of hydrogen-bond donors (Lipinski definition) is 1. The number of halogens is 2. The molecule has 0 radical (unpaired) electrons. The van der Waals surface area contributed by atoms with Crippen molar-refractivity contribution in [3.63, 3.8) is 0 Å². The van der Waals surface area contributed by atoms with Crippen molar-refractivity contribution in [1.29, 1.82) is 0 Å². The van der Waals surface area contributed by atoms with Crippen molar-refractivity contribution in [3.05, 3.63) is 58.1 Å². The van der Waals surface area contributed by atoms with Gasteiger partial charge in [-0.25, -0.2) is 0 Å². The molecular formula is C16H15Cl2NO2. The molecule has 0 fully saturated rings. The molecular weight excluding hydrogens is 309 g/mol. The third-order valence-electron chi connectivity index (χ3n) is 2.61. The predicted molar refractivity (Wildman–Crippen MR) is 86.6 cm³/mol. The summed E-state index contributed by atoms with van der Waals surface area (Å²) in [6.07, 6.45) is 0.0956. The summed E-state index contributed by atoms with van der Waals surface area (Å²) in [5.74, 6) is 0.497. The minimum atomic E-state index is -0.232. The van der Waals surface area contributed by atoms with E-state index < -0.39 is 0 Å².